The van der Waals surface area contributed by atoms with Gasteiger partial charge in [-0.1, -0.05) is 6.07 Å². The van der Waals surface area contributed by atoms with Crippen LogP contribution in [0.5, 0.6) is 11.5 Å². The van der Waals surface area contributed by atoms with E-state index in [1.807, 2.05) is 19.2 Å². The highest BCUT2D eigenvalue weighted by atomic mass is 19.4. The number of halogens is 3. The second kappa shape index (κ2) is 13.3. The monoisotopic (exact) mass is 657 g/mol. The van der Waals surface area contributed by atoms with Crippen molar-refractivity contribution in [3.63, 3.8) is 0 Å². The molecule has 1 fully saturated rings. The quantitative estimate of drug-likeness (QED) is 0.213. The number of piperidine rings is 1. The Balaban J connectivity index is 0.000000731. The molecule has 2 bridgehead atoms. The van der Waals surface area contributed by atoms with Crippen molar-refractivity contribution in [3.05, 3.63) is 35.1 Å². The van der Waals surface area contributed by atoms with Crippen LogP contribution in [0.4, 0.5) is 13.2 Å². The van der Waals surface area contributed by atoms with Gasteiger partial charge in [0.15, 0.2) is 17.6 Å². The first-order valence-electron chi connectivity index (χ1n) is 14.4. The molecule has 13 nitrogen and oxygen atoms in total. The summed E-state index contributed by atoms with van der Waals surface area (Å²) in [5.41, 5.74) is -0.243. The molecule has 0 unspecified atom stereocenters. The minimum Gasteiger partial charge on any atom is -0.493 e. The molecule has 2 N–H and O–H groups in total. The largest absolute Gasteiger partial charge is 0.493 e. The van der Waals surface area contributed by atoms with E-state index < -0.39 is 78.8 Å². The molecule has 252 valence electrons. The average Bonchev–Trinajstić information content (AvgIpc) is 3.35. The van der Waals surface area contributed by atoms with E-state index in [4.69, 9.17) is 33.6 Å². The number of methoxy groups -OCH3 is 1. The third kappa shape index (κ3) is 6.40. The Morgan fingerprint density at radius 2 is 1.89 bits per heavy atom. The number of aliphatic hydroxyl groups is 1. The van der Waals surface area contributed by atoms with Gasteiger partial charge in [0.25, 0.3) is 0 Å². The number of aliphatic carboxylic acids is 1. The molecular formula is C30H34F3NO12. The molecule has 16 heteroatoms. The van der Waals surface area contributed by atoms with Gasteiger partial charge in [0.1, 0.15) is 5.76 Å². The van der Waals surface area contributed by atoms with Crippen molar-refractivity contribution in [3.8, 4) is 11.5 Å². The summed E-state index contributed by atoms with van der Waals surface area (Å²) in [6, 6.07) is 3.61. The number of hydrogen-bond donors (Lipinski definition) is 2. The number of likely N-dealkylation sites (tertiary alicyclic amines) is 1. The number of carboxylic acid groups (broad SMARTS) is 1. The Kier molecular flexibility index (Phi) is 10.0. The Bertz CT molecular complexity index is 1430. The lowest BCUT2D eigenvalue weighted by Crippen LogP contribution is -2.74. The lowest BCUT2D eigenvalue weighted by molar-refractivity contribution is -0.178. The maximum Gasteiger partial charge on any atom is 0.446 e. The molecule has 0 radical (unpaired) electrons. The molecular weight excluding hydrogens is 623 g/mol. The smallest absolute Gasteiger partial charge is 0.446 e. The number of carbonyl (C=O) groups excluding carboxylic acids is 4. The topological polar surface area (TPSA) is 175 Å². The SMILES string of the molecule is CCOC(=O)C[C@H](OC(=O)CCC(=O)O)C(=O)OC1=CC[C@@]2(O)[C@H]3Cc4ccc(OC)c5c4[C@@]2(CCN3C)[C@H]1O5.O=CC(F)(F)F. The number of alkyl halides is 3. The maximum atomic E-state index is 13.4. The minimum absolute atomic E-state index is 0.0494. The Morgan fingerprint density at radius 3 is 2.50 bits per heavy atom. The molecule has 1 saturated heterocycles. The molecule has 2 aliphatic carbocycles. The first kappa shape index (κ1) is 34.7. The van der Waals surface area contributed by atoms with Crippen LogP contribution in [0.15, 0.2) is 24.0 Å². The van der Waals surface area contributed by atoms with Crippen molar-refractivity contribution < 1.29 is 71.0 Å². The van der Waals surface area contributed by atoms with E-state index in [9.17, 15) is 37.5 Å². The number of carbonyl (C=O) groups is 5. The second-order valence-electron chi connectivity index (χ2n) is 11.2. The van der Waals surface area contributed by atoms with Gasteiger partial charge in [0.05, 0.1) is 44.0 Å². The summed E-state index contributed by atoms with van der Waals surface area (Å²) in [4.78, 5) is 59.5. The van der Waals surface area contributed by atoms with E-state index in [0.717, 1.165) is 11.1 Å². The van der Waals surface area contributed by atoms with Gasteiger partial charge >= 0.3 is 30.1 Å². The lowest BCUT2D eigenvalue weighted by Gasteiger charge is -2.61. The normalized spacial score (nSPS) is 26.1. The Hall–Kier alpha value is -4.18. The first-order valence-corrected chi connectivity index (χ1v) is 14.4. The van der Waals surface area contributed by atoms with E-state index >= 15 is 0 Å². The van der Waals surface area contributed by atoms with Crippen LogP contribution in [-0.4, -0.2) is 103 Å². The fourth-order valence-corrected chi connectivity index (χ4v) is 6.74. The van der Waals surface area contributed by atoms with E-state index in [2.05, 4.69) is 4.90 Å². The van der Waals surface area contributed by atoms with Crippen LogP contribution >= 0.6 is 0 Å². The van der Waals surface area contributed by atoms with Gasteiger partial charge in [-0.05, 0) is 51.1 Å². The zero-order chi connectivity index (χ0) is 34.0. The third-order valence-corrected chi connectivity index (χ3v) is 8.65. The molecule has 4 aliphatic rings. The molecule has 1 spiro atoms. The van der Waals surface area contributed by atoms with Crippen molar-refractivity contribution in [1.82, 2.24) is 4.90 Å². The summed E-state index contributed by atoms with van der Waals surface area (Å²) in [6.45, 7) is 2.32. The van der Waals surface area contributed by atoms with Crippen molar-refractivity contribution >= 4 is 30.2 Å². The number of likely N-dealkylation sites (N-methyl/N-ethyl adjacent to an activating group) is 1. The van der Waals surface area contributed by atoms with E-state index in [1.165, 1.54) is 7.11 Å². The van der Waals surface area contributed by atoms with Crippen LogP contribution in [0.1, 0.15) is 50.2 Å². The van der Waals surface area contributed by atoms with E-state index in [1.54, 1.807) is 13.0 Å². The number of esters is 3. The molecule has 0 amide bonds. The summed E-state index contributed by atoms with van der Waals surface area (Å²) in [5, 5.41) is 21.1. The summed E-state index contributed by atoms with van der Waals surface area (Å²) in [5.74, 6) is -2.86. The zero-order valence-corrected chi connectivity index (χ0v) is 25.3. The predicted octanol–water partition coefficient (Wildman–Crippen LogP) is 1.99. The van der Waals surface area contributed by atoms with Crippen LogP contribution in [0.25, 0.3) is 0 Å². The standard InChI is InChI=1S/C28H33NO11.C2HF3O/c1-4-37-22(33)14-18(38-21(32)8-7-20(30)31)26(34)39-17-9-10-28(35)19-13-15-5-6-16(36-3)24-23(15)27(28,25(17)40-24)11-12-29(19)2;3-2(4,5)1-6/h5-6,9,18-19,25,35H,4,7-8,10-14H2,1-3H3,(H,30,31);1H/t18-,19+,25-,27-,28+;/m0./s1. The maximum absolute atomic E-state index is 13.4. The molecule has 46 heavy (non-hydrogen) atoms. The molecule has 2 heterocycles. The third-order valence-electron chi connectivity index (χ3n) is 8.65. The van der Waals surface area contributed by atoms with Gasteiger partial charge in [0, 0.05) is 18.0 Å². The van der Waals surface area contributed by atoms with Crippen LogP contribution in [0.2, 0.25) is 0 Å². The van der Waals surface area contributed by atoms with Crippen molar-refractivity contribution in [2.45, 2.75) is 80.9 Å². The summed E-state index contributed by atoms with van der Waals surface area (Å²) >= 11 is 0. The molecule has 0 saturated carbocycles. The minimum atomic E-state index is -4.64. The van der Waals surface area contributed by atoms with Gasteiger partial charge < -0.3 is 38.8 Å². The first-order chi connectivity index (χ1) is 21.6. The molecule has 5 rings (SSSR count). The average molecular weight is 658 g/mol. The summed E-state index contributed by atoms with van der Waals surface area (Å²) < 4.78 is 59.1. The van der Waals surface area contributed by atoms with Crippen molar-refractivity contribution in [2.24, 2.45) is 0 Å². The fraction of sp³-hybridized carbons (Fsp3) is 0.567. The molecule has 2 aliphatic heterocycles. The number of carboxylic acids is 1. The molecule has 1 aromatic rings. The lowest BCUT2D eigenvalue weighted by atomic mass is 9.50. The highest BCUT2D eigenvalue weighted by molar-refractivity contribution is 5.86. The van der Waals surface area contributed by atoms with Crippen LogP contribution < -0.4 is 9.47 Å². The van der Waals surface area contributed by atoms with E-state index in [0.29, 0.717) is 30.9 Å². The van der Waals surface area contributed by atoms with E-state index in [-0.39, 0.29) is 24.8 Å². The number of ether oxygens (including phenoxy) is 5. The number of benzene rings is 1. The van der Waals surface area contributed by atoms with Crippen LogP contribution in [-0.2, 0) is 50.0 Å². The van der Waals surface area contributed by atoms with Crippen molar-refractivity contribution in [1.29, 1.82) is 0 Å². The fourth-order valence-electron chi connectivity index (χ4n) is 6.74. The Labute approximate surface area is 261 Å². The number of nitrogens with zero attached hydrogens (tertiary/aromatic N) is 1. The van der Waals surface area contributed by atoms with Gasteiger partial charge in [-0.25, -0.2) is 4.79 Å². The highest BCUT2D eigenvalue weighted by Crippen LogP contribution is 2.65. The second-order valence-corrected chi connectivity index (χ2v) is 11.2. The highest BCUT2D eigenvalue weighted by Gasteiger charge is 2.72. The molecule has 1 aromatic carbocycles. The summed E-state index contributed by atoms with van der Waals surface area (Å²) in [7, 11) is 3.51. The van der Waals surface area contributed by atoms with Gasteiger partial charge in [0.2, 0.25) is 12.4 Å². The predicted molar refractivity (Wildman–Crippen MR) is 148 cm³/mol. The number of aldehydes is 1. The molecule has 5 atom stereocenters. The van der Waals surface area contributed by atoms with Crippen molar-refractivity contribution in [2.75, 3.05) is 27.3 Å². The molecule has 0 aromatic heterocycles. The van der Waals surface area contributed by atoms with Crippen LogP contribution in [0, 0.1) is 0 Å². The van der Waals surface area contributed by atoms with Crippen LogP contribution in [0.3, 0.4) is 0 Å². The zero-order valence-electron chi connectivity index (χ0n) is 25.3. The van der Waals surface area contributed by atoms with Gasteiger partial charge in [-0.3, -0.25) is 19.2 Å². The Morgan fingerprint density at radius 1 is 1.20 bits per heavy atom. The number of hydrogen-bond acceptors (Lipinski definition) is 12. The van der Waals surface area contributed by atoms with Gasteiger partial charge in [-0.15, -0.1) is 0 Å². The number of rotatable bonds is 10. The van der Waals surface area contributed by atoms with Gasteiger partial charge in [-0.2, -0.15) is 13.2 Å². The summed E-state index contributed by atoms with van der Waals surface area (Å²) in [6.07, 6.45) is -6.89.